The van der Waals surface area contributed by atoms with Gasteiger partial charge in [-0.3, -0.25) is 4.99 Å². The normalized spacial score (nSPS) is 17.3. The highest BCUT2D eigenvalue weighted by molar-refractivity contribution is 8.46. The number of alkyl halides is 6. The van der Waals surface area contributed by atoms with Gasteiger partial charge < -0.3 is 5.11 Å². The van der Waals surface area contributed by atoms with Crippen molar-refractivity contribution in [2.45, 2.75) is 43.3 Å². The van der Waals surface area contributed by atoms with Crippen molar-refractivity contribution in [1.82, 2.24) is 0 Å². The molecule has 29 heavy (non-hydrogen) atoms. The van der Waals surface area contributed by atoms with E-state index in [1.807, 2.05) is 0 Å². The number of nitrogens with zero attached hydrogens (tertiary/aromatic N) is 1. The second kappa shape index (κ2) is 6.14. The number of hydrogen-bond acceptors (Lipinski definition) is 2. The monoisotopic (exact) mass is 467 g/mol. The van der Waals surface area contributed by atoms with Crippen LogP contribution in [0.5, 0.6) is 5.75 Å². The molecule has 0 unspecified atom stereocenters. The van der Waals surface area contributed by atoms with Gasteiger partial charge in [0.2, 0.25) is 0 Å². The lowest BCUT2D eigenvalue weighted by Gasteiger charge is -2.49. The van der Waals surface area contributed by atoms with Crippen LogP contribution < -0.4 is 0 Å². The second-order valence-corrected chi connectivity index (χ2v) is 9.68. The van der Waals surface area contributed by atoms with Gasteiger partial charge in [-0.2, -0.15) is 26.3 Å². The third-order valence-electron chi connectivity index (χ3n) is 3.70. The van der Waals surface area contributed by atoms with E-state index in [1.54, 1.807) is 20.8 Å². The summed E-state index contributed by atoms with van der Waals surface area (Å²) in [4.78, 5) is 2.66. The molecular weight excluding hydrogens is 451 g/mol. The van der Waals surface area contributed by atoms with Crippen LogP contribution in [0.25, 0.3) is 0 Å². The molecule has 1 N–H and O–H groups in total. The van der Waals surface area contributed by atoms with E-state index in [0.29, 0.717) is 6.21 Å². The van der Waals surface area contributed by atoms with Gasteiger partial charge >= 0.3 is 27.3 Å². The molecule has 0 atom stereocenters. The molecule has 0 amide bonds. The largest absolute Gasteiger partial charge is 0.507 e. The first-order chi connectivity index (χ1) is 12.4. The number of halogens is 11. The van der Waals surface area contributed by atoms with Gasteiger partial charge in [0.1, 0.15) is 12.3 Å². The van der Waals surface area contributed by atoms with Crippen molar-refractivity contribution in [2.75, 3.05) is 6.54 Å². The molecule has 0 heterocycles. The SMILES string of the molecule is CC(C)(C)c1cccc(C=NCC(F)(F)C(F)(F)C(F)(F)S(F)(F)(F)(F)F)c1O. The highest BCUT2D eigenvalue weighted by atomic mass is 32.5. The Bertz CT molecular complexity index is 810. The molecule has 0 aliphatic heterocycles. The van der Waals surface area contributed by atoms with Crippen LogP contribution in [-0.2, 0) is 5.41 Å². The maximum atomic E-state index is 13.4. The number of hydrogen-bond donors (Lipinski definition) is 1. The molecule has 0 radical (unpaired) electrons. The van der Waals surface area contributed by atoms with E-state index in [-0.39, 0.29) is 11.1 Å². The van der Waals surface area contributed by atoms with Crippen LogP contribution in [0.4, 0.5) is 45.8 Å². The molecule has 0 bridgehead atoms. The maximum absolute atomic E-state index is 13.4. The minimum Gasteiger partial charge on any atom is -0.507 e. The van der Waals surface area contributed by atoms with Gasteiger partial charge in [0, 0.05) is 11.8 Å². The van der Waals surface area contributed by atoms with Crippen molar-refractivity contribution in [3.8, 4) is 5.75 Å². The first-order valence-corrected chi connectivity index (χ1v) is 9.50. The zero-order chi connectivity index (χ0) is 23.4. The number of aliphatic imine (C=N–C) groups is 1. The van der Waals surface area contributed by atoms with Crippen molar-refractivity contribution < 1.29 is 50.9 Å². The quantitative estimate of drug-likeness (QED) is 0.346. The van der Waals surface area contributed by atoms with Gasteiger partial charge in [-0.05, 0) is 17.0 Å². The van der Waals surface area contributed by atoms with Crippen molar-refractivity contribution >= 4 is 16.4 Å². The molecule has 170 valence electrons. The average Bonchev–Trinajstić information content (AvgIpc) is 2.44. The lowest BCUT2D eigenvalue weighted by molar-refractivity contribution is -0.282. The van der Waals surface area contributed by atoms with Crippen molar-refractivity contribution in [3.05, 3.63) is 29.3 Å². The summed E-state index contributed by atoms with van der Waals surface area (Å²) in [6.45, 7) is 2.24. The van der Waals surface area contributed by atoms with Gasteiger partial charge in [-0.25, -0.2) is 0 Å². The molecular formula is C15H16F11NOS. The predicted molar refractivity (Wildman–Crippen MR) is 87.2 cm³/mol. The summed E-state index contributed by atoms with van der Waals surface area (Å²) in [5, 5.41) is 1.74. The van der Waals surface area contributed by atoms with Gasteiger partial charge in [0.05, 0.1) is 0 Å². The fourth-order valence-electron chi connectivity index (χ4n) is 2.08. The Labute approximate surface area is 158 Å². The van der Waals surface area contributed by atoms with Crippen molar-refractivity contribution in [3.63, 3.8) is 0 Å². The van der Waals surface area contributed by atoms with Crippen LogP contribution in [0, 0.1) is 0 Å². The second-order valence-electron chi connectivity index (χ2n) is 7.23. The van der Waals surface area contributed by atoms with Gasteiger partial charge in [-0.15, -0.1) is 0 Å². The third kappa shape index (κ3) is 4.56. The van der Waals surface area contributed by atoms with E-state index in [0.717, 1.165) is 6.07 Å². The minimum absolute atomic E-state index is 0.256. The van der Waals surface area contributed by atoms with Crippen LogP contribution in [0.15, 0.2) is 23.2 Å². The summed E-state index contributed by atoms with van der Waals surface area (Å²) >= 11 is 0. The molecule has 2 nitrogen and oxygen atoms in total. The van der Waals surface area contributed by atoms with Crippen LogP contribution in [0.2, 0.25) is 0 Å². The fourth-order valence-corrected chi connectivity index (χ4v) is 2.72. The van der Waals surface area contributed by atoms with E-state index in [2.05, 4.69) is 4.99 Å². The average molecular weight is 467 g/mol. The van der Waals surface area contributed by atoms with E-state index in [9.17, 15) is 50.9 Å². The van der Waals surface area contributed by atoms with Crippen LogP contribution in [-0.4, -0.2) is 35.0 Å². The van der Waals surface area contributed by atoms with E-state index in [1.165, 1.54) is 12.1 Å². The van der Waals surface area contributed by atoms with E-state index >= 15 is 0 Å². The Kier molecular flexibility index (Phi) is 5.36. The zero-order valence-corrected chi connectivity index (χ0v) is 15.8. The van der Waals surface area contributed by atoms with E-state index in [4.69, 9.17) is 0 Å². The molecule has 14 heteroatoms. The maximum Gasteiger partial charge on any atom is 0.450 e. The molecule has 0 saturated carbocycles. The summed E-state index contributed by atoms with van der Waals surface area (Å²) in [5.41, 5.74) is -0.754. The molecule has 0 fully saturated rings. The Morgan fingerprint density at radius 1 is 0.931 bits per heavy atom. The topological polar surface area (TPSA) is 32.6 Å². The molecule has 0 aliphatic carbocycles. The molecule has 0 spiro atoms. The fraction of sp³-hybridized carbons (Fsp3) is 0.533. The molecule has 1 aromatic carbocycles. The summed E-state index contributed by atoms with van der Waals surface area (Å²) in [7, 11) is -12.4. The third-order valence-corrected chi connectivity index (χ3v) is 4.93. The van der Waals surface area contributed by atoms with Gasteiger partial charge in [0.25, 0.3) is 0 Å². The first-order valence-electron chi connectivity index (χ1n) is 7.54. The Morgan fingerprint density at radius 2 is 1.41 bits per heavy atom. The zero-order valence-electron chi connectivity index (χ0n) is 15.0. The standard InChI is InChI=1S/C15H16F11NOS/c1-12(2,3)10-6-4-5-9(11(10)28)7-27-8-13(16,17)14(18,19)15(20,21)29(22,23,24,25)26/h4-7,28H,8H2,1-3H3. The number of phenols is 1. The molecule has 0 saturated heterocycles. The smallest absolute Gasteiger partial charge is 0.450 e. The Hall–Kier alpha value is -1.73. The van der Waals surface area contributed by atoms with Crippen LogP contribution >= 0.6 is 10.2 Å². The lowest BCUT2D eigenvalue weighted by atomic mass is 9.85. The van der Waals surface area contributed by atoms with E-state index < -0.39 is 45.0 Å². The molecule has 0 aromatic heterocycles. The first kappa shape index (κ1) is 25.3. The summed E-state index contributed by atoms with van der Waals surface area (Å²) in [6, 6.07) is 3.79. The van der Waals surface area contributed by atoms with Crippen molar-refractivity contribution in [2.24, 2.45) is 4.99 Å². The Balaban J connectivity index is 3.26. The highest BCUT2D eigenvalue weighted by Gasteiger charge is 2.95. The number of rotatable bonds is 6. The van der Waals surface area contributed by atoms with Crippen LogP contribution in [0.3, 0.4) is 0 Å². The number of benzene rings is 1. The number of phenolic OH excluding ortho intramolecular Hbond substituents is 1. The summed E-state index contributed by atoms with van der Waals surface area (Å²) < 4.78 is 140. The minimum atomic E-state index is -12.4. The van der Waals surface area contributed by atoms with Gasteiger partial charge in [0.15, 0.2) is 0 Å². The summed E-state index contributed by atoms with van der Waals surface area (Å²) in [6.07, 6.45) is 0.326. The highest BCUT2D eigenvalue weighted by Crippen LogP contribution is 3.06. The number of para-hydroxylation sites is 1. The molecule has 1 rings (SSSR count). The predicted octanol–water partition coefficient (Wildman–Crippen LogP) is 7.27. The van der Waals surface area contributed by atoms with Gasteiger partial charge in [-0.1, -0.05) is 52.3 Å². The van der Waals surface area contributed by atoms with Crippen LogP contribution in [0.1, 0.15) is 31.9 Å². The Morgan fingerprint density at radius 3 is 1.83 bits per heavy atom. The lowest BCUT2D eigenvalue weighted by Crippen LogP contribution is -2.59. The van der Waals surface area contributed by atoms with Crippen molar-refractivity contribution in [1.29, 1.82) is 0 Å². The molecule has 0 aliphatic rings. The molecule has 1 aromatic rings. The number of aromatic hydroxyl groups is 1. The summed E-state index contributed by atoms with van der Waals surface area (Å²) in [5.74, 6) is -14.3.